The zero-order valence-corrected chi connectivity index (χ0v) is 22.4. The van der Waals surface area contributed by atoms with Crippen molar-refractivity contribution >= 4 is 17.1 Å². The van der Waals surface area contributed by atoms with E-state index < -0.39 is 0 Å². The fraction of sp³-hybridized carbons (Fsp3) is 0.0588. The molecule has 2 aromatic heterocycles. The van der Waals surface area contributed by atoms with Crippen LogP contribution in [0.1, 0.15) is 28.1 Å². The average molecular weight is 534 g/mol. The van der Waals surface area contributed by atoms with Crippen LogP contribution >= 0.6 is 0 Å². The van der Waals surface area contributed by atoms with Crippen molar-refractivity contribution < 1.29 is 9.47 Å². The molecule has 0 aliphatic rings. The molecular weight excluding hydrogens is 510 g/mol. The summed E-state index contributed by atoms with van der Waals surface area (Å²) in [4.78, 5) is 2.14. The van der Waals surface area contributed by atoms with Gasteiger partial charge < -0.3 is 14.4 Å². The first-order chi connectivity index (χ1) is 20.1. The topological polar surface area (TPSA) is 73.3 Å². The Bertz CT molecular complexity index is 1680. The average Bonchev–Trinajstić information content (AvgIpc) is 3.05. The van der Waals surface area contributed by atoms with Crippen molar-refractivity contribution in [3.63, 3.8) is 0 Å². The van der Waals surface area contributed by atoms with Gasteiger partial charge in [-0.2, -0.15) is 0 Å². The first-order valence-corrected chi connectivity index (χ1v) is 12.5. The number of nitrogens with zero attached hydrogens (tertiary/aromatic N) is 5. The first-order valence-electron chi connectivity index (χ1n) is 12.5. The number of hydrogen-bond donors (Lipinski definition) is 0. The second kappa shape index (κ2) is 12.6. The van der Waals surface area contributed by atoms with Gasteiger partial charge >= 0.3 is 0 Å². The third-order valence-corrected chi connectivity index (χ3v) is 5.91. The van der Waals surface area contributed by atoms with Crippen molar-refractivity contribution in [3.8, 4) is 47.8 Å². The van der Waals surface area contributed by atoms with E-state index in [1.54, 1.807) is 38.5 Å². The largest absolute Gasteiger partial charge is 0.480 e. The third-order valence-electron chi connectivity index (χ3n) is 5.91. The van der Waals surface area contributed by atoms with E-state index in [9.17, 15) is 0 Å². The van der Waals surface area contributed by atoms with Gasteiger partial charge in [0.05, 0.1) is 14.2 Å². The highest BCUT2D eigenvalue weighted by atomic mass is 16.5. The summed E-state index contributed by atoms with van der Waals surface area (Å²) in [5.41, 5.74) is 6.51. The van der Waals surface area contributed by atoms with Crippen LogP contribution in [0, 0.1) is 36.0 Å². The Morgan fingerprint density at radius 1 is 0.488 bits per heavy atom. The summed E-state index contributed by atoms with van der Waals surface area (Å²) in [7, 11) is 3.09. The van der Waals surface area contributed by atoms with Crippen molar-refractivity contribution in [2.75, 3.05) is 19.1 Å². The van der Waals surface area contributed by atoms with Crippen LogP contribution < -0.4 is 14.4 Å². The van der Waals surface area contributed by atoms with E-state index >= 15 is 0 Å². The van der Waals surface area contributed by atoms with Gasteiger partial charge in [-0.15, -0.1) is 26.8 Å². The van der Waals surface area contributed by atoms with Crippen LogP contribution in [0.3, 0.4) is 0 Å². The van der Waals surface area contributed by atoms with E-state index in [0.717, 1.165) is 33.8 Å². The molecule has 0 radical (unpaired) electrons. The van der Waals surface area contributed by atoms with Crippen LogP contribution in [0.15, 0.2) is 97.1 Å². The number of benzene rings is 3. The molecule has 0 spiro atoms. The van der Waals surface area contributed by atoms with Gasteiger partial charge in [-0.25, -0.2) is 0 Å². The van der Waals surface area contributed by atoms with Gasteiger partial charge in [0.25, 0.3) is 0 Å². The summed E-state index contributed by atoms with van der Waals surface area (Å²) in [5.74, 6) is 15.9. The highest BCUT2D eigenvalue weighted by molar-refractivity contribution is 5.77. The van der Waals surface area contributed by atoms with Crippen LogP contribution in [-0.4, -0.2) is 34.6 Å². The lowest BCUT2D eigenvalue weighted by atomic mass is 10.1. The lowest BCUT2D eigenvalue weighted by Crippen LogP contribution is -2.09. The molecule has 3 aromatic carbocycles. The summed E-state index contributed by atoms with van der Waals surface area (Å²) in [6, 6.07) is 30.8. The minimum absolute atomic E-state index is 0.446. The molecule has 0 unspecified atom stereocenters. The van der Waals surface area contributed by atoms with Crippen LogP contribution in [0.4, 0.5) is 17.1 Å². The third kappa shape index (κ3) is 6.67. The van der Waals surface area contributed by atoms with Gasteiger partial charge in [0, 0.05) is 45.9 Å². The molecule has 7 heteroatoms. The number of ether oxygens (including phenoxy) is 2. The van der Waals surface area contributed by atoms with Crippen molar-refractivity contribution in [1.82, 2.24) is 20.4 Å². The Labute approximate surface area is 238 Å². The molecule has 41 heavy (non-hydrogen) atoms. The minimum atomic E-state index is 0.446. The molecule has 196 valence electrons. The van der Waals surface area contributed by atoms with Gasteiger partial charge in [0.15, 0.2) is 0 Å². The molecular formula is C34H23N5O2. The second-order valence-electron chi connectivity index (χ2n) is 8.54. The van der Waals surface area contributed by atoms with Gasteiger partial charge in [-0.05, 0) is 96.8 Å². The molecule has 5 rings (SSSR count). The predicted molar refractivity (Wildman–Crippen MR) is 158 cm³/mol. The number of rotatable bonds is 5. The van der Waals surface area contributed by atoms with Crippen LogP contribution in [-0.2, 0) is 0 Å². The molecule has 0 atom stereocenters. The molecule has 0 saturated heterocycles. The molecule has 0 aliphatic heterocycles. The monoisotopic (exact) mass is 533 g/mol. The summed E-state index contributed by atoms with van der Waals surface area (Å²) >= 11 is 0. The minimum Gasteiger partial charge on any atom is -0.480 e. The molecule has 0 saturated carbocycles. The smallest absolute Gasteiger partial charge is 0.233 e. The summed E-state index contributed by atoms with van der Waals surface area (Å²) in [6.45, 7) is 0. The Morgan fingerprint density at radius 3 is 1.20 bits per heavy atom. The first kappa shape index (κ1) is 26.5. The predicted octanol–water partition coefficient (Wildman–Crippen LogP) is 5.53. The maximum absolute atomic E-state index is 5.58. The van der Waals surface area contributed by atoms with E-state index in [4.69, 9.17) is 15.9 Å². The maximum Gasteiger partial charge on any atom is 0.233 e. The lowest BCUT2D eigenvalue weighted by molar-refractivity contribution is 0.391. The molecule has 5 aromatic rings. The Hall–Kier alpha value is -6.10. The fourth-order valence-electron chi connectivity index (χ4n) is 3.81. The zero-order chi connectivity index (χ0) is 28.4. The second-order valence-corrected chi connectivity index (χ2v) is 8.54. The quantitative estimate of drug-likeness (QED) is 0.275. The number of terminal acetylenes is 1. The molecule has 0 fully saturated rings. The molecule has 0 bridgehead atoms. The normalized spacial score (nSPS) is 9.78. The number of aromatic nitrogens is 4. The van der Waals surface area contributed by atoms with Crippen LogP contribution in [0.2, 0.25) is 0 Å². The zero-order valence-electron chi connectivity index (χ0n) is 22.4. The molecule has 0 amide bonds. The molecule has 2 heterocycles. The number of hydrogen-bond acceptors (Lipinski definition) is 7. The van der Waals surface area contributed by atoms with E-state index in [0.29, 0.717) is 23.1 Å². The molecule has 0 N–H and O–H groups in total. The van der Waals surface area contributed by atoms with Crippen molar-refractivity contribution in [1.29, 1.82) is 0 Å². The van der Waals surface area contributed by atoms with Gasteiger partial charge in [0.1, 0.15) is 11.4 Å². The van der Waals surface area contributed by atoms with Crippen LogP contribution in [0.25, 0.3) is 0 Å². The molecule has 0 aliphatic carbocycles. The van der Waals surface area contributed by atoms with Crippen LogP contribution in [0.5, 0.6) is 11.8 Å². The Morgan fingerprint density at radius 2 is 0.878 bits per heavy atom. The summed E-state index contributed by atoms with van der Waals surface area (Å²) < 4.78 is 10.1. The van der Waals surface area contributed by atoms with Gasteiger partial charge in [0.2, 0.25) is 11.8 Å². The Balaban J connectivity index is 1.41. The van der Waals surface area contributed by atoms with E-state index in [1.165, 1.54) is 0 Å². The lowest BCUT2D eigenvalue weighted by Gasteiger charge is -2.25. The summed E-state index contributed by atoms with van der Waals surface area (Å²) in [5, 5.41) is 16.0. The van der Waals surface area contributed by atoms with Gasteiger partial charge in [-0.3, -0.25) is 0 Å². The van der Waals surface area contributed by atoms with E-state index in [1.807, 2.05) is 72.8 Å². The highest BCUT2D eigenvalue weighted by Crippen LogP contribution is 2.34. The summed E-state index contributed by atoms with van der Waals surface area (Å²) in [6.07, 6.45) is 5.58. The highest BCUT2D eigenvalue weighted by Gasteiger charge is 2.12. The van der Waals surface area contributed by atoms with Crippen molar-refractivity contribution in [3.05, 3.63) is 125 Å². The van der Waals surface area contributed by atoms with E-state index in [2.05, 4.69) is 54.9 Å². The van der Waals surface area contributed by atoms with Crippen molar-refractivity contribution in [2.45, 2.75) is 0 Å². The van der Waals surface area contributed by atoms with Gasteiger partial charge in [-0.1, -0.05) is 17.8 Å². The van der Waals surface area contributed by atoms with E-state index in [-0.39, 0.29) is 0 Å². The fourth-order valence-corrected chi connectivity index (χ4v) is 3.81. The molecule has 7 nitrogen and oxygen atoms in total. The number of anilines is 3. The standard InChI is InChI=1S/C34H23N5O2/c1-4-25-7-17-30(18-8-25)39(31-19-9-26(10-20-31)5-13-28-15-23-33(40-2)37-35-28)32-21-11-27(12-22-32)6-14-29-16-24-34(41-3)38-36-29/h1,7-12,15-24H,2-3H3. The Kier molecular flexibility index (Phi) is 8.16. The van der Waals surface area contributed by atoms with Crippen molar-refractivity contribution in [2.24, 2.45) is 0 Å². The number of methoxy groups -OCH3 is 2. The SMILES string of the molecule is C#Cc1ccc(N(c2ccc(C#Cc3ccc(OC)nn3)cc2)c2ccc(C#Cc3ccc(OC)nn3)cc2)cc1. The maximum atomic E-state index is 5.58.